The summed E-state index contributed by atoms with van der Waals surface area (Å²) in [5.41, 5.74) is 3.21. The second-order valence-corrected chi connectivity index (χ2v) is 7.68. The zero-order chi connectivity index (χ0) is 20.9. The van der Waals surface area contributed by atoms with Crippen molar-refractivity contribution in [1.82, 2.24) is 0 Å². The lowest BCUT2D eigenvalue weighted by Crippen LogP contribution is -1.99. The smallest absolute Gasteiger partial charge is 0.231 e. The lowest BCUT2D eigenvalue weighted by molar-refractivity contribution is 0.174. The Bertz CT molecular complexity index is 1050. The molecule has 0 spiro atoms. The molecule has 0 saturated carbocycles. The van der Waals surface area contributed by atoms with Crippen molar-refractivity contribution in [3.05, 3.63) is 93.5 Å². The molecular weight excluding hydrogens is 448 g/mol. The molecular formula is C24H21BrO5. The number of hydrogen-bond acceptors (Lipinski definition) is 5. The van der Waals surface area contributed by atoms with E-state index in [2.05, 4.69) is 15.9 Å². The Labute approximate surface area is 183 Å². The Kier molecular flexibility index (Phi) is 6.38. The Morgan fingerprint density at radius 3 is 2.57 bits per heavy atom. The monoisotopic (exact) mass is 468 g/mol. The molecule has 1 unspecified atom stereocenters. The van der Waals surface area contributed by atoms with Crippen LogP contribution in [0.3, 0.4) is 0 Å². The van der Waals surface area contributed by atoms with Crippen molar-refractivity contribution in [3.8, 4) is 17.2 Å². The number of aliphatic hydroxyl groups excluding tert-OH is 2. The SMILES string of the molecule is OCc1cc2c(cc1/C=C/C(O)c1cc(OCc3ccccc3)ccc1Br)OCO2. The minimum atomic E-state index is -0.864. The third-order valence-corrected chi connectivity index (χ3v) is 5.52. The van der Waals surface area contributed by atoms with Crippen LogP contribution < -0.4 is 14.2 Å². The van der Waals surface area contributed by atoms with Gasteiger partial charge < -0.3 is 24.4 Å². The lowest BCUT2D eigenvalue weighted by atomic mass is 10.0. The maximum atomic E-state index is 10.7. The highest BCUT2D eigenvalue weighted by molar-refractivity contribution is 9.10. The highest BCUT2D eigenvalue weighted by atomic mass is 79.9. The van der Waals surface area contributed by atoms with E-state index in [-0.39, 0.29) is 13.4 Å². The van der Waals surface area contributed by atoms with Crippen molar-refractivity contribution in [2.75, 3.05) is 6.79 Å². The summed E-state index contributed by atoms with van der Waals surface area (Å²) in [5, 5.41) is 20.4. The van der Waals surface area contributed by atoms with E-state index >= 15 is 0 Å². The number of benzene rings is 3. The standard InChI is InChI=1S/C24H21BrO5/c25-21-8-7-19(28-14-16-4-2-1-3-5-16)12-20(21)22(27)9-6-17-10-23-24(30-15-29-23)11-18(17)13-26/h1-12,22,26-27H,13-15H2/b9-6+. The van der Waals surface area contributed by atoms with Crippen LogP contribution in [0.4, 0.5) is 0 Å². The number of rotatable bonds is 7. The fraction of sp³-hybridized carbons (Fsp3) is 0.167. The van der Waals surface area contributed by atoms with Crippen LogP contribution in [-0.4, -0.2) is 17.0 Å². The van der Waals surface area contributed by atoms with Gasteiger partial charge in [0, 0.05) is 10.0 Å². The van der Waals surface area contributed by atoms with E-state index in [1.54, 1.807) is 24.3 Å². The number of aliphatic hydroxyl groups is 2. The van der Waals surface area contributed by atoms with Crippen LogP contribution in [0.1, 0.15) is 28.4 Å². The first-order valence-corrected chi connectivity index (χ1v) is 10.3. The highest BCUT2D eigenvalue weighted by Gasteiger charge is 2.16. The molecule has 0 radical (unpaired) electrons. The molecule has 2 N–H and O–H groups in total. The molecule has 30 heavy (non-hydrogen) atoms. The molecule has 0 amide bonds. The molecule has 3 aromatic rings. The van der Waals surface area contributed by atoms with Crippen molar-refractivity contribution < 1.29 is 24.4 Å². The summed E-state index contributed by atoms with van der Waals surface area (Å²) in [6.45, 7) is 0.475. The molecule has 1 aliphatic rings. The number of fused-ring (bicyclic) bond motifs is 1. The summed E-state index contributed by atoms with van der Waals surface area (Å²) in [6.07, 6.45) is 2.57. The van der Waals surface area contributed by atoms with E-state index in [1.807, 2.05) is 48.5 Å². The third kappa shape index (κ3) is 4.67. The quantitative estimate of drug-likeness (QED) is 0.510. The van der Waals surface area contributed by atoms with Crippen molar-refractivity contribution in [1.29, 1.82) is 0 Å². The Morgan fingerprint density at radius 2 is 1.80 bits per heavy atom. The number of halogens is 1. The van der Waals surface area contributed by atoms with Gasteiger partial charge in [0.25, 0.3) is 0 Å². The Hall–Kier alpha value is -2.80. The third-order valence-electron chi connectivity index (χ3n) is 4.80. The van der Waals surface area contributed by atoms with Gasteiger partial charge in [0.05, 0.1) is 12.7 Å². The molecule has 0 aromatic heterocycles. The van der Waals surface area contributed by atoms with Gasteiger partial charge in [0.2, 0.25) is 6.79 Å². The van der Waals surface area contributed by atoms with Crippen LogP contribution in [0.25, 0.3) is 6.08 Å². The molecule has 5 nitrogen and oxygen atoms in total. The van der Waals surface area contributed by atoms with Crippen LogP contribution in [0, 0.1) is 0 Å². The first-order chi connectivity index (χ1) is 14.6. The maximum absolute atomic E-state index is 10.7. The topological polar surface area (TPSA) is 68.2 Å². The van der Waals surface area contributed by atoms with Gasteiger partial charge in [-0.15, -0.1) is 0 Å². The van der Waals surface area contributed by atoms with E-state index in [1.165, 1.54) is 0 Å². The molecule has 6 heteroatoms. The summed E-state index contributed by atoms with van der Waals surface area (Å²) in [7, 11) is 0. The predicted molar refractivity (Wildman–Crippen MR) is 117 cm³/mol. The molecule has 0 aliphatic carbocycles. The summed E-state index contributed by atoms with van der Waals surface area (Å²) >= 11 is 3.50. The van der Waals surface area contributed by atoms with Gasteiger partial charge in [-0.05, 0) is 47.0 Å². The van der Waals surface area contributed by atoms with Crippen molar-refractivity contribution in [3.63, 3.8) is 0 Å². The maximum Gasteiger partial charge on any atom is 0.231 e. The lowest BCUT2D eigenvalue weighted by Gasteiger charge is -2.13. The van der Waals surface area contributed by atoms with E-state index < -0.39 is 6.10 Å². The van der Waals surface area contributed by atoms with Crippen molar-refractivity contribution in [2.45, 2.75) is 19.3 Å². The molecule has 0 bridgehead atoms. The summed E-state index contributed by atoms with van der Waals surface area (Å²) in [4.78, 5) is 0. The first kappa shape index (κ1) is 20.5. The fourth-order valence-electron chi connectivity index (χ4n) is 3.17. The highest BCUT2D eigenvalue weighted by Crippen LogP contribution is 2.36. The largest absolute Gasteiger partial charge is 0.489 e. The van der Waals surface area contributed by atoms with Gasteiger partial charge in [0.15, 0.2) is 11.5 Å². The minimum Gasteiger partial charge on any atom is -0.489 e. The molecule has 1 aliphatic heterocycles. The minimum absolute atomic E-state index is 0.140. The summed E-state index contributed by atoms with van der Waals surface area (Å²) < 4.78 is 17.4. The number of ether oxygens (including phenoxy) is 3. The average molecular weight is 469 g/mol. The molecule has 0 saturated heterocycles. The van der Waals surface area contributed by atoms with E-state index in [4.69, 9.17) is 14.2 Å². The normalized spacial score (nSPS) is 13.6. The van der Waals surface area contributed by atoms with Crippen LogP contribution in [0.5, 0.6) is 17.2 Å². The van der Waals surface area contributed by atoms with Crippen LogP contribution in [-0.2, 0) is 13.2 Å². The summed E-state index contributed by atoms with van der Waals surface area (Å²) in [5.74, 6) is 1.91. The Balaban J connectivity index is 1.51. The number of hydrogen-bond donors (Lipinski definition) is 2. The zero-order valence-electron chi connectivity index (χ0n) is 16.1. The molecule has 1 heterocycles. The molecule has 4 rings (SSSR count). The van der Waals surface area contributed by atoms with Gasteiger partial charge in [0.1, 0.15) is 12.4 Å². The van der Waals surface area contributed by atoms with Crippen molar-refractivity contribution in [2.24, 2.45) is 0 Å². The predicted octanol–water partition coefficient (Wildman–Crippen LogP) is 5.00. The van der Waals surface area contributed by atoms with Gasteiger partial charge in [-0.3, -0.25) is 0 Å². The van der Waals surface area contributed by atoms with E-state index in [0.29, 0.717) is 35.0 Å². The summed E-state index contributed by atoms with van der Waals surface area (Å²) in [6, 6.07) is 19.0. The molecule has 154 valence electrons. The first-order valence-electron chi connectivity index (χ1n) is 9.50. The van der Waals surface area contributed by atoms with Gasteiger partial charge in [-0.2, -0.15) is 0 Å². The van der Waals surface area contributed by atoms with E-state index in [9.17, 15) is 10.2 Å². The second-order valence-electron chi connectivity index (χ2n) is 6.82. The Morgan fingerprint density at radius 1 is 1.03 bits per heavy atom. The van der Waals surface area contributed by atoms with Gasteiger partial charge in [-0.25, -0.2) is 0 Å². The van der Waals surface area contributed by atoms with Crippen LogP contribution in [0.2, 0.25) is 0 Å². The second kappa shape index (κ2) is 9.34. The molecule has 1 atom stereocenters. The van der Waals surface area contributed by atoms with Crippen molar-refractivity contribution >= 4 is 22.0 Å². The zero-order valence-corrected chi connectivity index (χ0v) is 17.7. The van der Waals surface area contributed by atoms with Gasteiger partial charge >= 0.3 is 0 Å². The van der Waals surface area contributed by atoms with Crippen LogP contribution >= 0.6 is 15.9 Å². The van der Waals surface area contributed by atoms with Crippen LogP contribution in [0.15, 0.2) is 71.2 Å². The van der Waals surface area contributed by atoms with Gasteiger partial charge in [-0.1, -0.05) is 58.4 Å². The fourth-order valence-corrected chi connectivity index (χ4v) is 3.65. The average Bonchev–Trinajstić information content (AvgIpc) is 3.24. The van der Waals surface area contributed by atoms with E-state index in [0.717, 1.165) is 15.6 Å². The molecule has 0 fully saturated rings. The molecule has 3 aromatic carbocycles.